The van der Waals surface area contributed by atoms with E-state index in [1.54, 1.807) is 32.9 Å². The minimum Gasteiger partial charge on any atom is -0.444 e. The molecule has 0 aliphatic carbocycles. The Hall–Kier alpha value is -2.04. The monoisotopic (exact) mass is 264 g/mol. The average molecular weight is 264 g/mol. The largest absolute Gasteiger partial charge is 0.444 e. The van der Waals surface area contributed by atoms with E-state index >= 15 is 0 Å². The molecule has 0 unspecified atom stereocenters. The summed E-state index contributed by atoms with van der Waals surface area (Å²) < 4.78 is 5.06. The summed E-state index contributed by atoms with van der Waals surface area (Å²) in [6.45, 7) is 5.60. The lowest BCUT2D eigenvalue weighted by Crippen LogP contribution is -2.34. The van der Waals surface area contributed by atoms with Gasteiger partial charge >= 0.3 is 6.09 Å². The van der Waals surface area contributed by atoms with Gasteiger partial charge in [-0.3, -0.25) is 4.79 Å². The zero-order chi connectivity index (χ0) is 14.3. The van der Waals surface area contributed by atoms with Crippen LogP contribution in [0.4, 0.5) is 10.5 Å². The highest BCUT2D eigenvalue weighted by Gasteiger charge is 2.15. The van der Waals surface area contributed by atoms with Gasteiger partial charge in [0.2, 0.25) is 5.91 Å². The van der Waals surface area contributed by atoms with Crippen LogP contribution in [0.15, 0.2) is 30.3 Å². The molecule has 0 aliphatic heterocycles. The van der Waals surface area contributed by atoms with Gasteiger partial charge in [-0.05, 0) is 32.9 Å². The Labute approximate surface area is 113 Å². The number of hydrogen-bond donors (Lipinski definition) is 2. The number of hydrogen-bond acceptors (Lipinski definition) is 3. The van der Waals surface area contributed by atoms with Crippen LogP contribution in [0.3, 0.4) is 0 Å². The number of rotatable bonds is 4. The average Bonchev–Trinajstić information content (AvgIpc) is 2.27. The van der Waals surface area contributed by atoms with Gasteiger partial charge in [0.1, 0.15) is 5.60 Å². The number of anilines is 1. The summed E-state index contributed by atoms with van der Waals surface area (Å²) in [4.78, 5) is 22.9. The van der Waals surface area contributed by atoms with Crippen molar-refractivity contribution in [2.75, 3.05) is 11.9 Å². The molecule has 0 aromatic heterocycles. The van der Waals surface area contributed by atoms with Crippen molar-refractivity contribution in [2.24, 2.45) is 0 Å². The molecule has 0 aliphatic rings. The van der Waals surface area contributed by atoms with E-state index in [0.29, 0.717) is 0 Å². The van der Waals surface area contributed by atoms with Crippen molar-refractivity contribution in [2.45, 2.75) is 32.8 Å². The van der Waals surface area contributed by atoms with Crippen molar-refractivity contribution in [3.8, 4) is 0 Å². The SMILES string of the molecule is CC(C)(C)OC(=O)NCCC(=O)Nc1ccccc1. The smallest absolute Gasteiger partial charge is 0.407 e. The van der Waals surface area contributed by atoms with Crippen LogP contribution < -0.4 is 10.6 Å². The maximum atomic E-state index is 11.6. The number of carbonyl (C=O) groups is 2. The van der Waals surface area contributed by atoms with Gasteiger partial charge in [-0.2, -0.15) is 0 Å². The molecule has 1 aromatic carbocycles. The first-order valence-electron chi connectivity index (χ1n) is 6.18. The van der Waals surface area contributed by atoms with Gasteiger partial charge in [0.05, 0.1) is 0 Å². The van der Waals surface area contributed by atoms with Crippen LogP contribution >= 0.6 is 0 Å². The van der Waals surface area contributed by atoms with E-state index in [9.17, 15) is 9.59 Å². The van der Waals surface area contributed by atoms with Gasteiger partial charge in [0.15, 0.2) is 0 Å². The molecular formula is C14H20N2O3. The fourth-order valence-electron chi connectivity index (χ4n) is 1.34. The van der Waals surface area contributed by atoms with E-state index < -0.39 is 11.7 Å². The van der Waals surface area contributed by atoms with Crippen molar-refractivity contribution in [1.82, 2.24) is 5.32 Å². The summed E-state index contributed by atoms with van der Waals surface area (Å²) in [5.74, 6) is -0.151. The molecule has 0 bridgehead atoms. The minimum absolute atomic E-state index is 0.151. The molecule has 0 heterocycles. The molecule has 1 aromatic rings. The second-order valence-corrected chi connectivity index (χ2v) is 5.09. The van der Waals surface area contributed by atoms with E-state index in [1.807, 2.05) is 18.2 Å². The molecule has 2 N–H and O–H groups in total. The van der Waals surface area contributed by atoms with E-state index in [1.165, 1.54) is 0 Å². The highest BCUT2D eigenvalue weighted by molar-refractivity contribution is 5.90. The number of benzene rings is 1. The summed E-state index contributed by atoms with van der Waals surface area (Å²) in [6.07, 6.45) is -0.311. The van der Waals surface area contributed by atoms with Crippen LogP contribution in [-0.4, -0.2) is 24.1 Å². The second kappa shape index (κ2) is 6.78. The van der Waals surface area contributed by atoms with Gasteiger partial charge in [-0.25, -0.2) is 4.79 Å². The number of para-hydroxylation sites is 1. The van der Waals surface area contributed by atoms with E-state index in [0.717, 1.165) is 5.69 Å². The molecule has 1 rings (SSSR count). The standard InChI is InChI=1S/C14H20N2O3/c1-14(2,3)19-13(18)15-10-9-12(17)16-11-7-5-4-6-8-11/h4-8H,9-10H2,1-3H3,(H,15,18)(H,16,17). The van der Waals surface area contributed by atoms with E-state index in [2.05, 4.69) is 10.6 Å². The van der Waals surface area contributed by atoms with Crippen molar-refractivity contribution in [3.63, 3.8) is 0 Å². The predicted molar refractivity (Wildman–Crippen MR) is 73.9 cm³/mol. The molecule has 104 valence electrons. The summed E-state index contributed by atoms with van der Waals surface area (Å²) in [5.41, 5.74) is 0.209. The minimum atomic E-state index is -0.531. The molecule has 0 saturated carbocycles. The van der Waals surface area contributed by atoms with Gasteiger partial charge in [0, 0.05) is 18.7 Å². The Kier molecular flexibility index (Phi) is 5.36. The maximum Gasteiger partial charge on any atom is 0.407 e. The van der Waals surface area contributed by atoms with Crippen molar-refractivity contribution in [1.29, 1.82) is 0 Å². The topological polar surface area (TPSA) is 67.4 Å². The number of ether oxygens (including phenoxy) is 1. The Bertz CT molecular complexity index is 424. The molecule has 2 amide bonds. The van der Waals surface area contributed by atoms with E-state index in [-0.39, 0.29) is 18.9 Å². The molecule has 0 atom stereocenters. The van der Waals surface area contributed by atoms with Crippen molar-refractivity contribution < 1.29 is 14.3 Å². The van der Waals surface area contributed by atoms with E-state index in [4.69, 9.17) is 4.74 Å². The van der Waals surface area contributed by atoms with Gasteiger partial charge in [0.25, 0.3) is 0 Å². The highest BCUT2D eigenvalue weighted by Crippen LogP contribution is 2.07. The lowest BCUT2D eigenvalue weighted by molar-refractivity contribution is -0.116. The fraction of sp³-hybridized carbons (Fsp3) is 0.429. The molecule has 0 saturated heterocycles. The van der Waals surface area contributed by atoms with Crippen molar-refractivity contribution >= 4 is 17.7 Å². The third-order valence-electron chi connectivity index (χ3n) is 2.08. The Morgan fingerprint density at radius 3 is 2.37 bits per heavy atom. The number of amides is 2. The first-order valence-corrected chi connectivity index (χ1v) is 6.18. The highest BCUT2D eigenvalue weighted by atomic mass is 16.6. The molecule has 0 spiro atoms. The normalized spacial score (nSPS) is 10.7. The summed E-state index contributed by atoms with van der Waals surface area (Å²) in [7, 11) is 0. The predicted octanol–water partition coefficient (Wildman–Crippen LogP) is 2.54. The maximum absolute atomic E-state index is 11.6. The Morgan fingerprint density at radius 1 is 1.16 bits per heavy atom. The molecule has 19 heavy (non-hydrogen) atoms. The number of nitrogens with one attached hydrogen (secondary N) is 2. The molecule has 0 fully saturated rings. The van der Waals surface area contributed by atoms with Crippen LogP contribution in [-0.2, 0) is 9.53 Å². The molecular weight excluding hydrogens is 244 g/mol. The first-order chi connectivity index (χ1) is 8.87. The Balaban J connectivity index is 2.23. The third-order valence-corrected chi connectivity index (χ3v) is 2.08. The second-order valence-electron chi connectivity index (χ2n) is 5.09. The van der Waals surface area contributed by atoms with Gasteiger partial charge in [-0.15, -0.1) is 0 Å². The first kappa shape index (κ1) is 15.0. The van der Waals surface area contributed by atoms with Crippen LogP contribution in [0.2, 0.25) is 0 Å². The molecule has 0 radical (unpaired) electrons. The zero-order valence-electron chi connectivity index (χ0n) is 11.5. The van der Waals surface area contributed by atoms with Crippen molar-refractivity contribution in [3.05, 3.63) is 30.3 Å². The zero-order valence-corrected chi connectivity index (χ0v) is 11.5. The number of carbonyl (C=O) groups excluding carboxylic acids is 2. The lowest BCUT2D eigenvalue weighted by atomic mass is 10.2. The van der Waals surface area contributed by atoms with Crippen LogP contribution in [0.5, 0.6) is 0 Å². The summed E-state index contributed by atoms with van der Waals surface area (Å²) in [6, 6.07) is 9.17. The number of alkyl carbamates (subject to hydrolysis) is 1. The molecule has 5 heteroatoms. The quantitative estimate of drug-likeness (QED) is 0.878. The third kappa shape index (κ3) is 7.08. The summed E-state index contributed by atoms with van der Waals surface area (Å²) >= 11 is 0. The lowest BCUT2D eigenvalue weighted by Gasteiger charge is -2.19. The van der Waals surface area contributed by atoms with Gasteiger partial charge < -0.3 is 15.4 Å². The fourth-order valence-corrected chi connectivity index (χ4v) is 1.34. The van der Waals surface area contributed by atoms with Gasteiger partial charge in [-0.1, -0.05) is 18.2 Å². The Morgan fingerprint density at radius 2 is 1.79 bits per heavy atom. The molecule has 5 nitrogen and oxygen atoms in total. The summed E-state index contributed by atoms with van der Waals surface area (Å²) in [5, 5.41) is 5.27. The van der Waals surface area contributed by atoms with Crippen LogP contribution in [0.1, 0.15) is 27.2 Å². The van der Waals surface area contributed by atoms with Crippen LogP contribution in [0.25, 0.3) is 0 Å². The van der Waals surface area contributed by atoms with Crippen LogP contribution in [0, 0.1) is 0 Å².